The van der Waals surface area contributed by atoms with Crippen LogP contribution in [0.5, 0.6) is 0 Å². The fourth-order valence-corrected chi connectivity index (χ4v) is 2.56. The van der Waals surface area contributed by atoms with E-state index in [1.807, 2.05) is 6.92 Å². The van der Waals surface area contributed by atoms with Gasteiger partial charge in [0.2, 0.25) is 0 Å². The molecule has 1 aromatic carbocycles. The lowest BCUT2D eigenvalue weighted by molar-refractivity contribution is -0.137. The van der Waals surface area contributed by atoms with Crippen molar-refractivity contribution in [2.45, 2.75) is 25.6 Å². The van der Waals surface area contributed by atoms with E-state index in [0.717, 1.165) is 18.6 Å². The molecule has 0 saturated carbocycles. The van der Waals surface area contributed by atoms with Crippen LogP contribution in [0.1, 0.15) is 29.3 Å². The maximum atomic E-state index is 12.5. The van der Waals surface area contributed by atoms with Crippen molar-refractivity contribution in [2.24, 2.45) is 11.7 Å². The zero-order valence-electron chi connectivity index (χ0n) is 11.6. The Bertz CT molecular complexity index is 490. The highest BCUT2D eigenvalue weighted by Gasteiger charge is 2.33. The van der Waals surface area contributed by atoms with E-state index in [4.69, 9.17) is 5.73 Å². The van der Waals surface area contributed by atoms with Crippen LogP contribution in [0.25, 0.3) is 0 Å². The number of likely N-dealkylation sites (tertiary alicyclic amines) is 1. The van der Waals surface area contributed by atoms with Gasteiger partial charge in [-0.25, -0.2) is 0 Å². The van der Waals surface area contributed by atoms with Gasteiger partial charge in [-0.05, 0) is 50.1 Å². The van der Waals surface area contributed by atoms with E-state index in [2.05, 4.69) is 0 Å². The van der Waals surface area contributed by atoms with E-state index in [-0.39, 0.29) is 35.8 Å². The quantitative estimate of drug-likeness (QED) is 0.910. The SMILES string of the molecule is CC1CC(CN)CN1C(=O)c1ccc(C(F)(F)F)cc1.Cl. The highest BCUT2D eigenvalue weighted by atomic mass is 35.5. The number of amides is 1. The molecule has 7 heteroatoms. The lowest BCUT2D eigenvalue weighted by Gasteiger charge is -2.21. The first-order valence-electron chi connectivity index (χ1n) is 6.51. The van der Waals surface area contributed by atoms with Crippen molar-refractivity contribution in [1.82, 2.24) is 4.90 Å². The summed E-state index contributed by atoms with van der Waals surface area (Å²) in [7, 11) is 0. The van der Waals surface area contributed by atoms with Crippen molar-refractivity contribution >= 4 is 18.3 Å². The Labute approximate surface area is 127 Å². The van der Waals surface area contributed by atoms with E-state index < -0.39 is 11.7 Å². The number of halogens is 4. The van der Waals surface area contributed by atoms with Gasteiger partial charge < -0.3 is 10.6 Å². The number of nitrogens with zero attached hydrogens (tertiary/aromatic N) is 1. The molecule has 2 atom stereocenters. The molecule has 0 radical (unpaired) electrons. The van der Waals surface area contributed by atoms with E-state index in [9.17, 15) is 18.0 Å². The van der Waals surface area contributed by atoms with Gasteiger partial charge in [0.05, 0.1) is 5.56 Å². The molecule has 2 unspecified atom stereocenters. The lowest BCUT2D eigenvalue weighted by atomic mass is 10.1. The largest absolute Gasteiger partial charge is 0.416 e. The van der Waals surface area contributed by atoms with Crippen LogP contribution in [0, 0.1) is 5.92 Å². The molecule has 21 heavy (non-hydrogen) atoms. The van der Waals surface area contributed by atoms with Crippen molar-refractivity contribution in [3.8, 4) is 0 Å². The summed E-state index contributed by atoms with van der Waals surface area (Å²) in [5.41, 5.74) is 5.14. The van der Waals surface area contributed by atoms with Crippen molar-refractivity contribution in [2.75, 3.05) is 13.1 Å². The van der Waals surface area contributed by atoms with E-state index in [1.54, 1.807) is 4.90 Å². The summed E-state index contributed by atoms with van der Waals surface area (Å²) >= 11 is 0. The average Bonchev–Trinajstić information content (AvgIpc) is 2.78. The summed E-state index contributed by atoms with van der Waals surface area (Å²) in [6, 6.07) is 4.41. The Hall–Kier alpha value is -1.27. The van der Waals surface area contributed by atoms with E-state index in [0.29, 0.717) is 13.1 Å². The highest BCUT2D eigenvalue weighted by molar-refractivity contribution is 5.94. The number of carbonyl (C=O) groups excluding carboxylic acids is 1. The molecule has 1 aromatic rings. The van der Waals surface area contributed by atoms with E-state index in [1.165, 1.54) is 12.1 Å². The maximum absolute atomic E-state index is 12.5. The number of alkyl halides is 3. The second-order valence-electron chi connectivity index (χ2n) is 5.22. The van der Waals surface area contributed by atoms with Crippen LogP contribution < -0.4 is 5.73 Å². The Morgan fingerprint density at radius 3 is 2.33 bits per heavy atom. The van der Waals surface area contributed by atoms with Crippen LogP contribution in [-0.4, -0.2) is 29.9 Å². The van der Waals surface area contributed by atoms with E-state index >= 15 is 0 Å². The van der Waals surface area contributed by atoms with Gasteiger partial charge in [-0.1, -0.05) is 0 Å². The molecule has 118 valence electrons. The van der Waals surface area contributed by atoms with Crippen molar-refractivity contribution < 1.29 is 18.0 Å². The Kier molecular flexibility index (Phi) is 5.64. The molecule has 1 aliphatic rings. The van der Waals surface area contributed by atoms with Crippen LogP contribution in [0.3, 0.4) is 0 Å². The molecule has 2 N–H and O–H groups in total. The minimum Gasteiger partial charge on any atom is -0.336 e. The van der Waals surface area contributed by atoms with Crippen LogP contribution in [0.15, 0.2) is 24.3 Å². The smallest absolute Gasteiger partial charge is 0.336 e. The molecule has 1 heterocycles. The van der Waals surface area contributed by atoms with Gasteiger partial charge >= 0.3 is 6.18 Å². The first-order chi connectivity index (χ1) is 9.32. The van der Waals surface area contributed by atoms with Crippen LogP contribution in [0.4, 0.5) is 13.2 Å². The third-order valence-electron chi connectivity index (χ3n) is 3.71. The summed E-state index contributed by atoms with van der Waals surface area (Å²) in [4.78, 5) is 14.0. The molecule has 0 aromatic heterocycles. The first kappa shape index (κ1) is 17.8. The molecule has 0 bridgehead atoms. The average molecular weight is 323 g/mol. The first-order valence-corrected chi connectivity index (χ1v) is 6.51. The Balaban J connectivity index is 0.00000220. The second-order valence-corrected chi connectivity index (χ2v) is 5.22. The third-order valence-corrected chi connectivity index (χ3v) is 3.71. The molecular formula is C14H18ClF3N2O. The van der Waals surface area contributed by atoms with Crippen molar-refractivity contribution in [1.29, 1.82) is 0 Å². The monoisotopic (exact) mass is 322 g/mol. The number of benzene rings is 1. The van der Waals surface area contributed by atoms with Crippen LogP contribution in [-0.2, 0) is 6.18 Å². The standard InChI is InChI=1S/C14H17F3N2O.ClH/c1-9-6-10(7-18)8-19(9)13(20)11-2-4-12(5-3-11)14(15,16)17;/h2-5,9-10H,6-8,18H2,1H3;1H. The molecule has 0 spiro atoms. The molecule has 3 nitrogen and oxygen atoms in total. The Morgan fingerprint density at radius 2 is 1.90 bits per heavy atom. The minimum absolute atomic E-state index is 0. The van der Waals surface area contributed by atoms with Crippen LogP contribution >= 0.6 is 12.4 Å². The summed E-state index contributed by atoms with van der Waals surface area (Å²) in [5, 5.41) is 0. The summed E-state index contributed by atoms with van der Waals surface area (Å²) in [6.07, 6.45) is -3.55. The number of nitrogens with two attached hydrogens (primary N) is 1. The topological polar surface area (TPSA) is 46.3 Å². The van der Waals surface area contributed by atoms with Gasteiger partial charge in [-0.2, -0.15) is 13.2 Å². The Morgan fingerprint density at radius 1 is 1.33 bits per heavy atom. The fourth-order valence-electron chi connectivity index (χ4n) is 2.56. The van der Waals surface area contributed by atoms with Gasteiger partial charge in [0, 0.05) is 18.2 Å². The maximum Gasteiger partial charge on any atom is 0.416 e. The molecule has 2 rings (SSSR count). The van der Waals surface area contributed by atoms with Crippen molar-refractivity contribution in [3.63, 3.8) is 0 Å². The zero-order valence-corrected chi connectivity index (χ0v) is 12.4. The van der Waals surface area contributed by atoms with Gasteiger partial charge in [0.15, 0.2) is 0 Å². The zero-order chi connectivity index (χ0) is 14.9. The molecule has 1 fully saturated rings. The number of hydrogen-bond acceptors (Lipinski definition) is 2. The van der Waals surface area contributed by atoms with Gasteiger partial charge in [0.25, 0.3) is 5.91 Å². The minimum atomic E-state index is -4.38. The fraction of sp³-hybridized carbons (Fsp3) is 0.500. The predicted molar refractivity (Wildman–Crippen MR) is 76.4 cm³/mol. The third kappa shape index (κ3) is 3.89. The van der Waals surface area contributed by atoms with Gasteiger partial charge in [-0.3, -0.25) is 4.79 Å². The molecule has 1 amide bonds. The molecule has 1 aliphatic heterocycles. The summed E-state index contributed by atoms with van der Waals surface area (Å²) in [6.45, 7) is 3.01. The molecule has 1 saturated heterocycles. The van der Waals surface area contributed by atoms with Gasteiger partial charge in [-0.15, -0.1) is 12.4 Å². The predicted octanol–water partition coefficient (Wildman–Crippen LogP) is 2.94. The summed E-state index contributed by atoms with van der Waals surface area (Å²) < 4.78 is 37.4. The number of carbonyl (C=O) groups is 1. The summed E-state index contributed by atoms with van der Waals surface area (Å²) in [5.74, 6) is 0.0329. The number of hydrogen-bond donors (Lipinski definition) is 1. The van der Waals surface area contributed by atoms with Crippen LogP contribution in [0.2, 0.25) is 0 Å². The normalized spacial score (nSPS) is 22.0. The van der Waals surface area contributed by atoms with Gasteiger partial charge in [0.1, 0.15) is 0 Å². The lowest BCUT2D eigenvalue weighted by Crippen LogP contribution is -2.34. The highest BCUT2D eigenvalue weighted by Crippen LogP contribution is 2.30. The molecular weight excluding hydrogens is 305 g/mol. The number of rotatable bonds is 2. The van der Waals surface area contributed by atoms with Crippen molar-refractivity contribution in [3.05, 3.63) is 35.4 Å². The second kappa shape index (κ2) is 6.66. The molecule has 0 aliphatic carbocycles.